The molecular formula is C22H28N2O3. The van der Waals surface area contributed by atoms with Crippen LogP contribution in [0, 0.1) is 6.92 Å². The Balaban J connectivity index is 1.95. The van der Waals surface area contributed by atoms with E-state index in [2.05, 4.69) is 0 Å². The Labute approximate surface area is 161 Å². The summed E-state index contributed by atoms with van der Waals surface area (Å²) in [7, 11) is 0. The van der Waals surface area contributed by atoms with Crippen molar-refractivity contribution in [3.63, 3.8) is 0 Å². The summed E-state index contributed by atoms with van der Waals surface area (Å²) in [6, 6.07) is 14.0. The van der Waals surface area contributed by atoms with Crippen LogP contribution in [-0.4, -0.2) is 52.9 Å². The molecule has 0 fully saturated rings. The Morgan fingerprint density at radius 3 is 1.85 bits per heavy atom. The highest BCUT2D eigenvalue weighted by molar-refractivity contribution is 5.95. The Morgan fingerprint density at radius 1 is 0.852 bits per heavy atom. The van der Waals surface area contributed by atoms with Crippen molar-refractivity contribution in [1.29, 1.82) is 0 Å². The average molecular weight is 368 g/mol. The highest BCUT2D eigenvalue weighted by atomic mass is 16.3. The van der Waals surface area contributed by atoms with E-state index < -0.39 is 0 Å². The molecule has 27 heavy (non-hydrogen) atoms. The number of aryl methyl sites for hydroxylation is 1. The van der Waals surface area contributed by atoms with E-state index in [-0.39, 0.29) is 17.6 Å². The molecule has 2 amide bonds. The van der Waals surface area contributed by atoms with E-state index in [1.165, 1.54) is 6.07 Å². The minimum absolute atomic E-state index is 0.0172. The fourth-order valence-electron chi connectivity index (χ4n) is 3.04. The molecule has 0 aliphatic carbocycles. The maximum Gasteiger partial charge on any atom is 0.253 e. The first kappa shape index (κ1) is 20.5. The van der Waals surface area contributed by atoms with Crippen LogP contribution in [-0.2, 0) is 0 Å². The van der Waals surface area contributed by atoms with Gasteiger partial charge in [0, 0.05) is 37.3 Å². The van der Waals surface area contributed by atoms with Gasteiger partial charge in [-0.15, -0.1) is 0 Å². The van der Waals surface area contributed by atoms with Crippen LogP contribution in [0.25, 0.3) is 0 Å². The zero-order chi connectivity index (χ0) is 19.8. The molecule has 0 aliphatic rings. The van der Waals surface area contributed by atoms with E-state index in [0.29, 0.717) is 43.7 Å². The summed E-state index contributed by atoms with van der Waals surface area (Å²) in [5.41, 5.74) is 2.23. The van der Waals surface area contributed by atoms with Crippen molar-refractivity contribution in [2.75, 3.05) is 26.2 Å². The summed E-state index contributed by atoms with van der Waals surface area (Å²) in [5.74, 6) is -0.0113. The molecule has 0 heterocycles. The lowest BCUT2D eigenvalue weighted by molar-refractivity contribution is 0.0727. The number of nitrogens with zero attached hydrogens (tertiary/aromatic N) is 2. The van der Waals surface area contributed by atoms with Crippen LogP contribution in [0.4, 0.5) is 0 Å². The number of hydrogen-bond acceptors (Lipinski definition) is 3. The first-order valence-corrected chi connectivity index (χ1v) is 9.40. The molecule has 2 aromatic carbocycles. The third-order valence-electron chi connectivity index (χ3n) is 4.55. The van der Waals surface area contributed by atoms with E-state index in [9.17, 15) is 14.7 Å². The van der Waals surface area contributed by atoms with Crippen molar-refractivity contribution < 1.29 is 14.7 Å². The average Bonchev–Trinajstić information content (AvgIpc) is 2.67. The van der Waals surface area contributed by atoms with Crippen molar-refractivity contribution in [2.45, 2.75) is 27.2 Å². The molecule has 144 valence electrons. The number of aromatic hydroxyl groups is 1. The van der Waals surface area contributed by atoms with Gasteiger partial charge >= 0.3 is 0 Å². The van der Waals surface area contributed by atoms with Gasteiger partial charge in [-0.25, -0.2) is 0 Å². The van der Waals surface area contributed by atoms with Gasteiger partial charge in [0.05, 0.1) is 0 Å². The van der Waals surface area contributed by atoms with Crippen molar-refractivity contribution in [1.82, 2.24) is 9.80 Å². The topological polar surface area (TPSA) is 60.9 Å². The summed E-state index contributed by atoms with van der Waals surface area (Å²) in [4.78, 5) is 28.8. The van der Waals surface area contributed by atoms with E-state index in [4.69, 9.17) is 0 Å². The minimum Gasteiger partial charge on any atom is -0.508 e. The second kappa shape index (κ2) is 9.76. The maximum absolute atomic E-state index is 12.7. The first-order valence-electron chi connectivity index (χ1n) is 9.40. The van der Waals surface area contributed by atoms with Crippen LogP contribution < -0.4 is 0 Å². The fraction of sp³-hybridized carbons (Fsp3) is 0.364. The summed E-state index contributed by atoms with van der Waals surface area (Å²) < 4.78 is 0. The Kier molecular flexibility index (Phi) is 7.41. The smallest absolute Gasteiger partial charge is 0.253 e. The molecule has 5 heteroatoms. The Hall–Kier alpha value is -2.82. The van der Waals surface area contributed by atoms with Crippen LogP contribution in [0.5, 0.6) is 5.75 Å². The number of phenols is 1. The summed E-state index contributed by atoms with van der Waals surface area (Å²) in [6.45, 7) is 8.21. The van der Waals surface area contributed by atoms with Crippen LogP contribution in [0.2, 0.25) is 0 Å². The number of amides is 2. The molecule has 0 unspecified atom stereocenters. The SMILES string of the molecule is CCN(CCCN(CC)C(=O)c1cccc(O)c1)C(=O)c1cccc(C)c1. The Morgan fingerprint density at radius 2 is 1.37 bits per heavy atom. The van der Waals surface area contributed by atoms with Gasteiger partial charge in [0.1, 0.15) is 5.75 Å². The number of rotatable bonds is 8. The standard InChI is InChI=1S/C22H28N2O3/c1-4-23(21(26)18-10-6-9-17(3)15-18)13-8-14-24(5-2)22(27)19-11-7-12-20(25)16-19/h6-7,9-12,15-16,25H,4-5,8,13-14H2,1-3H3. The highest BCUT2D eigenvalue weighted by Gasteiger charge is 2.17. The number of benzene rings is 2. The van der Waals surface area contributed by atoms with Gasteiger partial charge in [0.15, 0.2) is 0 Å². The Bertz CT molecular complexity index is 723. The zero-order valence-corrected chi connectivity index (χ0v) is 16.3. The molecule has 0 saturated heterocycles. The van der Waals surface area contributed by atoms with Crippen LogP contribution in [0.15, 0.2) is 48.5 Å². The quantitative estimate of drug-likeness (QED) is 0.773. The number of carbonyl (C=O) groups excluding carboxylic acids is 2. The summed E-state index contributed by atoms with van der Waals surface area (Å²) in [6.07, 6.45) is 0.698. The lowest BCUT2D eigenvalue weighted by Crippen LogP contribution is -2.36. The summed E-state index contributed by atoms with van der Waals surface area (Å²) >= 11 is 0. The molecule has 0 bridgehead atoms. The van der Waals surface area contributed by atoms with Gasteiger partial charge in [0.25, 0.3) is 11.8 Å². The van der Waals surface area contributed by atoms with E-state index in [1.54, 1.807) is 28.0 Å². The second-order valence-corrected chi connectivity index (χ2v) is 6.54. The molecule has 0 atom stereocenters. The predicted octanol–water partition coefficient (Wildman–Crippen LogP) is 3.72. The van der Waals surface area contributed by atoms with E-state index in [1.807, 2.05) is 45.0 Å². The van der Waals surface area contributed by atoms with Crippen molar-refractivity contribution in [3.8, 4) is 5.75 Å². The molecule has 5 nitrogen and oxygen atoms in total. The van der Waals surface area contributed by atoms with Gasteiger partial charge in [-0.3, -0.25) is 9.59 Å². The highest BCUT2D eigenvalue weighted by Crippen LogP contribution is 2.14. The van der Waals surface area contributed by atoms with Gasteiger partial charge in [0.2, 0.25) is 0 Å². The van der Waals surface area contributed by atoms with Crippen LogP contribution in [0.3, 0.4) is 0 Å². The maximum atomic E-state index is 12.7. The van der Waals surface area contributed by atoms with E-state index in [0.717, 1.165) is 5.56 Å². The fourth-order valence-corrected chi connectivity index (χ4v) is 3.04. The molecule has 2 rings (SSSR count). The molecule has 1 N–H and O–H groups in total. The van der Waals surface area contributed by atoms with E-state index >= 15 is 0 Å². The minimum atomic E-state index is -0.110. The molecule has 0 radical (unpaired) electrons. The largest absolute Gasteiger partial charge is 0.508 e. The molecule has 0 spiro atoms. The van der Waals surface area contributed by atoms with Crippen LogP contribution in [0.1, 0.15) is 46.5 Å². The molecule has 2 aromatic rings. The third-order valence-corrected chi connectivity index (χ3v) is 4.55. The second-order valence-electron chi connectivity index (χ2n) is 6.54. The van der Waals surface area contributed by atoms with Gasteiger partial charge < -0.3 is 14.9 Å². The normalized spacial score (nSPS) is 10.5. The lowest BCUT2D eigenvalue weighted by Gasteiger charge is -2.25. The zero-order valence-electron chi connectivity index (χ0n) is 16.3. The number of carbonyl (C=O) groups is 2. The molecular weight excluding hydrogens is 340 g/mol. The van der Waals surface area contributed by atoms with Crippen molar-refractivity contribution >= 4 is 11.8 Å². The predicted molar refractivity (Wildman–Crippen MR) is 107 cm³/mol. The third kappa shape index (κ3) is 5.58. The first-order chi connectivity index (χ1) is 13.0. The molecule has 0 aliphatic heterocycles. The van der Waals surface area contributed by atoms with Gasteiger partial charge in [-0.2, -0.15) is 0 Å². The number of hydrogen-bond donors (Lipinski definition) is 1. The molecule has 0 aromatic heterocycles. The van der Waals surface area contributed by atoms with Crippen LogP contribution >= 0.6 is 0 Å². The summed E-state index contributed by atoms with van der Waals surface area (Å²) in [5, 5.41) is 9.57. The van der Waals surface area contributed by atoms with Crippen molar-refractivity contribution in [2.24, 2.45) is 0 Å². The molecule has 0 saturated carbocycles. The van der Waals surface area contributed by atoms with Gasteiger partial charge in [-0.1, -0.05) is 23.8 Å². The van der Waals surface area contributed by atoms with Gasteiger partial charge in [-0.05, 0) is 57.5 Å². The van der Waals surface area contributed by atoms with Crippen molar-refractivity contribution in [3.05, 3.63) is 65.2 Å². The monoisotopic (exact) mass is 368 g/mol. The lowest BCUT2D eigenvalue weighted by atomic mass is 10.1. The number of phenolic OH excluding ortho intramolecular Hbond substituents is 1.